The molecule has 1 N–H and O–H groups in total. The smallest absolute Gasteiger partial charge is 0.322 e. The van der Waals surface area contributed by atoms with Crippen LogP contribution in [0.3, 0.4) is 0 Å². The number of carbonyl (C=O) groups excluding carboxylic acids is 2. The molecular formula is C18H18F3N5O3. The van der Waals surface area contributed by atoms with Crippen molar-refractivity contribution in [2.75, 3.05) is 30.0 Å². The van der Waals surface area contributed by atoms with Crippen LogP contribution in [0.25, 0.3) is 0 Å². The summed E-state index contributed by atoms with van der Waals surface area (Å²) in [7, 11) is 0. The van der Waals surface area contributed by atoms with Crippen molar-refractivity contribution in [3.63, 3.8) is 0 Å². The van der Waals surface area contributed by atoms with E-state index in [1.54, 1.807) is 22.7 Å². The number of fused-ring (bicyclic) bond motifs is 1. The first kappa shape index (κ1) is 19.2. The molecular weight excluding hydrogens is 391 g/mol. The van der Waals surface area contributed by atoms with Crippen molar-refractivity contribution >= 4 is 23.3 Å². The van der Waals surface area contributed by atoms with Gasteiger partial charge in [0.25, 0.3) is 5.91 Å². The van der Waals surface area contributed by atoms with Crippen molar-refractivity contribution in [1.82, 2.24) is 14.7 Å². The first-order valence-electron chi connectivity index (χ1n) is 9.00. The molecule has 0 saturated carbocycles. The third-order valence-corrected chi connectivity index (χ3v) is 4.99. The van der Waals surface area contributed by atoms with Crippen LogP contribution in [-0.2, 0) is 22.6 Å². The molecule has 29 heavy (non-hydrogen) atoms. The second kappa shape index (κ2) is 7.39. The summed E-state index contributed by atoms with van der Waals surface area (Å²) < 4.78 is 46.8. The molecule has 0 spiro atoms. The van der Waals surface area contributed by atoms with Crippen LogP contribution in [0.1, 0.15) is 12.6 Å². The van der Waals surface area contributed by atoms with E-state index < -0.39 is 23.5 Å². The largest absolute Gasteiger partial charge is 0.370 e. The Morgan fingerprint density at radius 2 is 2.00 bits per heavy atom. The summed E-state index contributed by atoms with van der Waals surface area (Å²) >= 11 is 0. The lowest BCUT2D eigenvalue weighted by atomic mass is 10.2. The second-order valence-electron chi connectivity index (χ2n) is 6.92. The van der Waals surface area contributed by atoms with Gasteiger partial charge >= 0.3 is 6.03 Å². The Morgan fingerprint density at radius 3 is 2.69 bits per heavy atom. The van der Waals surface area contributed by atoms with Gasteiger partial charge in [-0.05, 0) is 6.92 Å². The SMILES string of the molecule is C[C@H]1Cn2ncc(N3CCOCC3=O)c2CN1C(=O)Nc1cc(F)c(F)c(F)c1. The normalized spacial score (nSPS) is 19.3. The summed E-state index contributed by atoms with van der Waals surface area (Å²) in [5, 5.41) is 6.70. The molecule has 154 valence electrons. The van der Waals surface area contributed by atoms with E-state index in [0.29, 0.717) is 43.2 Å². The molecule has 0 unspecified atom stereocenters. The number of nitrogens with one attached hydrogen (secondary N) is 1. The number of urea groups is 1. The minimum absolute atomic E-state index is 0.0209. The number of carbonyl (C=O) groups is 2. The van der Waals surface area contributed by atoms with Crippen LogP contribution in [0.4, 0.5) is 29.3 Å². The Labute approximate surface area is 163 Å². The van der Waals surface area contributed by atoms with Crippen LogP contribution in [-0.4, -0.2) is 52.4 Å². The molecule has 1 saturated heterocycles. The van der Waals surface area contributed by atoms with Crippen LogP contribution in [0.15, 0.2) is 18.3 Å². The first-order chi connectivity index (χ1) is 13.8. The Bertz CT molecular complexity index is 957. The van der Waals surface area contributed by atoms with Gasteiger partial charge in [-0.3, -0.25) is 9.48 Å². The lowest BCUT2D eigenvalue weighted by Gasteiger charge is -2.35. The number of morpholine rings is 1. The summed E-state index contributed by atoms with van der Waals surface area (Å²) in [5.41, 5.74) is 1.08. The van der Waals surface area contributed by atoms with Crippen molar-refractivity contribution in [2.24, 2.45) is 0 Å². The van der Waals surface area contributed by atoms with Gasteiger partial charge in [-0.1, -0.05) is 0 Å². The maximum Gasteiger partial charge on any atom is 0.322 e. The molecule has 0 bridgehead atoms. The minimum Gasteiger partial charge on any atom is -0.370 e. The number of benzene rings is 1. The Morgan fingerprint density at radius 1 is 1.28 bits per heavy atom. The summed E-state index contributed by atoms with van der Waals surface area (Å²) in [4.78, 5) is 27.9. The van der Waals surface area contributed by atoms with Gasteiger partial charge in [-0.2, -0.15) is 5.10 Å². The van der Waals surface area contributed by atoms with Crippen molar-refractivity contribution < 1.29 is 27.5 Å². The van der Waals surface area contributed by atoms with E-state index in [9.17, 15) is 22.8 Å². The molecule has 11 heteroatoms. The van der Waals surface area contributed by atoms with Crippen LogP contribution in [0.2, 0.25) is 0 Å². The van der Waals surface area contributed by atoms with E-state index in [0.717, 1.165) is 0 Å². The number of halogens is 3. The number of amides is 3. The number of rotatable bonds is 2. The predicted molar refractivity (Wildman–Crippen MR) is 95.7 cm³/mol. The number of hydrogen-bond acceptors (Lipinski definition) is 4. The van der Waals surface area contributed by atoms with E-state index in [1.165, 1.54) is 4.90 Å². The molecule has 1 aromatic heterocycles. The van der Waals surface area contributed by atoms with Crippen molar-refractivity contribution in [3.05, 3.63) is 41.5 Å². The molecule has 3 amide bonds. The second-order valence-corrected chi connectivity index (χ2v) is 6.92. The van der Waals surface area contributed by atoms with E-state index in [-0.39, 0.29) is 30.8 Å². The van der Waals surface area contributed by atoms with Gasteiger partial charge in [-0.25, -0.2) is 18.0 Å². The Kier molecular flexibility index (Phi) is 4.91. The molecule has 2 aliphatic rings. The number of nitrogens with zero attached hydrogens (tertiary/aromatic N) is 4. The highest BCUT2D eigenvalue weighted by Crippen LogP contribution is 2.28. The topological polar surface area (TPSA) is 79.7 Å². The number of anilines is 2. The molecule has 4 rings (SSSR count). The van der Waals surface area contributed by atoms with Crippen LogP contribution >= 0.6 is 0 Å². The molecule has 0 radical (unpaired) electrons. The fourth-order valence-corrected chi connectivity index (χ4v) is 3.48. The lowest BCUT2D eigenvalue weighted by molar-refractivity contribution is -0.125. The minimum atomic E-state index is -1.60. The zero-order chi connectivity index (χ0) is 20.7. The van der Waals surface area contributed by atoms with Crippen molar-refractivity contribution in [1.29, 1.82) is 0 Å². The molecule has 3 heterocycles. The molecule has 1 fully saturated rings. The monoisotopic (exact) mass is 409 g/mol. The van der Waals surface area contributed by atoms with E-state index >= 15 is 0 Å². The average Bonchev–Trinajstić information content (AvgIpc) is 3.08. The zero-order valence-corrected chi connectivity index (χ0v) is 15.5. The van der Waals surface area contributed by atoms with Crippen molar-refractivity contribution in [3.8, 4) is 0 Å². The summed E-state index contributed by atoms with van der Waals surface area (Å²) in [5.74, 6) is -4.58. The van der Waals surface area contributed by atoms with Gasteiger partial charge in [0.15, 0.2) is 17.5 Å². The van der Waals surface area contributed by atoms with Crippen LogP contribution < -0.4 is 10.2 Å². The number of hydrogen-bond donors (Lipinski definition) is 1. The Balaban J connectivity index is 1.56. The quantitative estimate of drug-likeness (QED) is 0.771. The highest BCUT2D eigenvalue weighted by atomic mass is 19.2. The van der Waals surface area contributed by atoms with Gasteiger partial charge in [0, 0.05) is 24.4 Å². The van der Waals surface area contributed by atoms with E-state index in [1.807, 2.05) is 0 Å². The fourth-order valence-electron chi connectivity index (χ4n) is 3.48. The average molecular weight is 409 g/mol. The number of ether oxygens (including phenoxy) is 1. The third-order valence-electron chi connectivity index (χ3n) is 4.99. The van der Waals surface area contributed by atoms with Gasteiger partial charge in [-0.15, -0.1) is 0 Å². The van der Waals surface area contributed by atoms with Crippen LogP contribution in [0.5, 0.6) is 0 Å². The van der Waals surface area contributed by atoms with Gasteiger partial charge < -0.3 is 19.9 Å². The molecule has 0 aliphatic carbocycles. The van der Waals surface area contributed by atoms with Crippen molar-refractivity contribution in [2.45, 2.75) is 26.1 Å². The van der Waals surface area contributed by atoms with Gasteiger partial charge in [0.2, 0.25) is 0 Å². The summed E-state index contributed by atoms with van der Waals surface area (Å²) in [6, 6.07) is 0.556. The zero-order valence-electron chi connectivity index (χ0n) is 15.5. The standard InChI is InChI=1S/C18H18F3N5O3/c1-10-7-26-15(14(6-22-26)24-2-3-29-9-16(24)27)8-25(10)18(28)23-11-4-12(19)17(21)13(20)5-11/h4-6,10H,2-3,7-9H2,1H3,(H,23,28)/t10-/m0/s1. The molecule has 8 nitrogen and oxygen atoms in total. The molecule has 2 aliphatic heterocycles. The maximum absolute atomic E-state index is 13.4. The Hall–Kier alpha value is -3.08. The third kappa shape index (κ3) is 3.53. The van der Waals surface area contributed by atoms with Gasteiger partial charge in [0.1, 0.15) is 6.61 Å². The highest BCUT2D eigenvalue weighted by molar-refractivity contribution is 5.95. The van der Waals surface area contributed by atoms with E-state index in [4.69, 9.17) is 4.74 Å². The molecule has 2 aromatic rings. The molecule has 1 atom stereocenters. The first-order valence-corrected chi connectivity index (χ1v) is 9.00. The molecule has 1 aromatic carbocycles. The maximum atomic E-state index is 13.4. The van der Waals surface area contributed by atoms with Crippen LogP contribution in [0, 0.1) is 17.5 Å². The summed E-state index contributed by atoms with van der Waals surface area (Å²) in [6.07, 6.45) is 1.58. The highest BCUT2D eigenvalue weighted by Gasteiger charge is 2.33. The fraction of sp³-hybridized carbons (Fsp3) is 0.389. The van der Waals surface area contributed by atoms with Gasteiger partial charge in [0.05, 0.1) is 43.3 Å². The summed E-state index contributed by atoms with van der Waals surface area (Å²) in [6.45, 7) is 3.08. The lowest BCUT2D eigenvalue weighted by Crippen LogP contribution is -2.48. The number of aromatic nitrogens is 2. The van der Waals surface area contributed by atoms with E-state index in [2.05, 4.69) is 10.4 Å². The predicted octanol–water partition coefficient (Wildman–Crippen LogP) is 2.10.